The lowest BCUT2D eigenvalue weighted by molar-refractivity contribution is -0.118. The number of hydrogen-bond acceptors (Lipinski definition) is 8. The standard InChI is InChI=1S/C31H37ClN6O3/c1-21-28(18-34-37(21)2)31(40)36-25-9-12-30(29(32)17-25)35-24-7-5-23(6-8-24)33-20-41-19-22-3-10-26(11-4-22)38-15-13-27(39)14-16-38/h3-12,17-18,21,27-28,33,35,39H,13-16,19-20H2,1-2H3,(H,36,40). The van der Waals surface area contributed by atoms with Crippen LogP contribution in [0, 0.1) is 5.92 Å². The van der Waals surface area contributed by atoms with Gasteiger partial charge in [0.15, 0.2) is 0 Å². The Morgan fingerprint density at radius 2 is 1.71 bits per heavy atom. The third-order valence-corrected chi connectivity index (χ3v) is 7.95. The van der Waals surface area contributed by atoms with Crippen LogP contribution in [0.15, 0.2) is 71.8 Å². The quantitative estimate of drug-likeness (QED) is 0.187. The Morgan fingerprint density at radius 3 is 2.37 bits per heavy atom. The summed E-state index contributed by atoms with van der Waals surface area (Å²) in [5, 5.41) is 25.7. The highest BCUT2D eigenvalue weighted by Gasteiger charge is 2.30. The summed E-state index contributed by atoms with van der Waals surface area (Å²) >= 11 is 6.51. The van der Waals surface area contributed by atoms with Crippen LogP contribution in [-0.2, 0) is 16.1 Å². The highest BCUT2D eigenvalue weighted by molar-refractivity contribution is 6.33. The predicted molar refractivity (Wildman–Crippen MR) is 166 cm³/mol. The summed E-state index contributed by atoms with van der Waals surface area (Å²) in [6.07, 6.45) is 3.15. The van der Waals surface area contributed by atoms with Gasteiger partial charge < -0.3 is 30.7 Å². The molecule has 2 unspecified atom stereocenters. The van der Waals surface area contributed by atoms with Crippen LogP contribution in [0.2, 0.25) is 5.02 Å². The number of amides is 1. The van der Waals surface area contributed by atoms with E-state index in [4.69, 9.17) is 16.3 Å². The third kappa shape index (κ3) is 7.49. The summed E-state index contributed by atoms with van der Waals surface area (Å²) in [5.41, 5.74) is 5.51. The number of aliphatic hydroxyl groups is 1. The largest absolute Gasteiger partial charge is 0.393 e. The van der Waals surface area contributed by atoms with Crippen molar-refractivity contribution in [1.82, 2.24) is 5.01 Å². The molecule has 3 aromatic carbocycles. The van der Waals surface area contributed by atoms with Crippen LogP contribution in [0.25, 0.3) is 0 Å². The van der Waals surface area contributed by atoms with Crippen molar-refractivity contribution in [3.05, 3.63) is 77.3 Å². The lowest BCUT2D eigenvalue weighted by Crippen LogP contribution is -2.35. The number of ether oxygens (including phenoxy) is 1. The topological polar surface area (TPSA) is 101 Å². The summed E-state index contributed by atoms with van der Waals surface area (Å²) in [5.74, 6) is -0.412. The van der Waals surface area contributed by atoms with Crippen molar-refractivity contribution in [3.8, 4) is 0 Å². The van der Waals surface area contributed by atoms with E-state index >= 15 is 0 Å². The first-order chi connectivity index (χ1) is 19.9. The number of aliphatic hydroxyl groups excluding tert-OH is 1. The minimum Gasteiger partial charge on any atom is -0.393 e. The van der Waals surface area contributed by atoms with Gasteiger partial charge in [-0.2, -0.15) is 5.10 Å². The minimum atomic E-state index is -0.304. The van der Waals surface area contributed by atoms with Gasteiger partial charge in [0.05, 0.1) is 35.4 Å². The number of anilines is 5. The van der Waals surface area contributed by atoms with E-state index in [1.807, 2.05) is 50.4 Å². The maximum Gasteiger partial charge on any atom is 0.235 e. The number of hydrazone groups is 1. The van der Waals surface area contributed by atoms with Crippen molar-refractivity contribution >= 4 is 52.2 Å². The zero-order valence-electron chi connectivity index (χ0n) is 23.4. The molecule has 216 valence electrons. The van der Waals surface area contributed by atoms with Crippen LogP contribution >= 0.6 is 11.6 Å². The van der Waals surface area contributed by atoms with Gasteiger partial charge in [-0.05, 0) is 79.9 Å². The monoisotopic (exact) mass is 576 g/mol. The summed E-state index contributed by atoms with van der Waals surface area (Å²) in [6, 6.07) is 21.7. The second kappa shape index (κ2) is 13.2. The van der Waals surface area contributed by atoms with Crippen LogP contribution in [-0.4, -0.2) is 61.3 Å². The number of carbonyl (C=O) groups excluding carboxylic acids is 1. The van der Waals surface area contributed by atoms with E-state index in [-0.39, 0.29) is 24.0 Å². The molecule has 3 aromatic rings. The van der Waals surface area contributed by atoms with Gasteiger partial charge in [-0.1, -0.05) is 23.7 Å². The van der Waals surface area contributed by atoms with E-state index in [9.17, 15) is 9.90 Å². The highest BCUT2D eigenvalue weighted by Crippen LogP contribution is 2.29. The normalized spacial score (nSPS) is 18.9. The molecule has 2 heterocycles. The summed E-state index contributed by atoms with van der Waals surface area (Å²) in [7, 11) is 1.85. The first-order valence-electron chi connectivity index (χ1n) is 13.9. The molecular weight excluding hydrogens is 540 g/mol. The molecule has 0 saturated carbocycles. The van der Waals surface area contributed by atoms with Gasteiger partial charge in [0.1, 0.15) is 6.73 Å². The first-order valence-corrected chi connectivity index (χ1v) is 14.3. The number of halogens is 1. The molecular formula is C31H37ClN6O3. The number of piperidine rings is 1. The Morgan fingerprint density at radius 1 is 1.02 bits per heavy atom. The Labute approximate surface area is 246 Å². The SMILES string of the molecule is CC1C(C(=O)Nc2ccc(Nc3ccc(NCOCc4ccc(N5CCC(O)CC5)cc4)cc3)c(Cl)c2)C=NN1C. The molecule has 0 aliphatic carbocycles. The molecule has 2 atom stereocenters. The lowest BCUT2D eigenvalue weighted by Gasteiger charge is -2.31. The number of nitrogens with zero attached hydrogens (tertiary/aromatic N) is 3. The molecule has 4 N–H and O–H groups in total. The van der Waals surface area contributed by atoms with E-state index in [1.54, 1.807) is 17.3 Å². The predicted octanol–water partition coefficient (Wildman–Crippen LogP) is 5.51. The molecule has 0 bridgehead atoms. The Hall–Kier alpha value is -3.79. The van der Waals surface area contributed by atoms with Gasteiger partial charge >= 0.3 is 0 Å². The second-order valence-corrected chi connectivity index (χ2v) is 11.0. The number of rotatable bonds is 10. The van der Waals surface area contributed by atoms with Crippen molar-refractivity contribution < 1.29 is 14.6 Å². The van der Waals surface area contributed by atoms with Gasteiger partial charge in [0.2, 0.25) is 5.91 Å². The summed E-state index contributed by atoms with van der Waals surface area (Å²) < 4.78 is 5.82. The molecule has 1 fully saturated rings. The molecule has 9 nitrogen and oxygen atoms in total. The van der Waals surface area contributed by atoms with Gasteiger partial charge in [0, 0.05) is 49.1 Å². The van der Waals surface area contributed by atoms with Crippen molar-refractivity contribution in [3.63, 3.8) is 0 Å². The maximum absolute atomic E-state index is 12.6. The van der Waals surface area contributed by atoms with Crippen molar-refractivity contribution in [2.75, 3.05) is 47.7 Å². The minimum absolute atomic E-state index is 0.00913. The van der Waals surface area contributed by atoms with Gasteiger partial charge in [0.25, 0.3) is 0 Å². The Bertz CT molecular complexity index is 1340. The highest BCUT2D eigenvalue weighted by atomic mass is 35.5. The number of benzene rings is 3. The van der Waals surface area contributed by atoms with Crippen LogP contribution in [0.3, 0.4) is 0 Å². The average molecular weight is 577 g/mol. The fraction of sp³-hybridized carbons (Fsp3) is 0.355. The average Bonchev–Trinajstić information content (AvgIpc) is 3.32. The number of hydrogen-bond donors (Lipinski definition) is 4. The Kier molecular flexibility index (Phi) is 9.28. The second-order valence-electron chi connectivity index (χ2n) is 10.5. The fourth-order valence-electron chi connectivity index (χ4n) is 4.90. The molecule has 0 radical (unpaired) electrons. The van der Waals surface area contributed by atoms with Gasteiger partial charge in [-0.3, -0.25) is 9.80 Å². The molecule has 1 saturated heterocycles. The molecule has 1 amide bonds. The molecule has 2 aliphatic rings. The number of carbonyl (C=O) groups is 1. The first kappa shape index (κ1) is 28.7. The molecule has 0 spiro atoms. The zero-order chi connectivity index (χ0) is 28.8. The van der Waals surface area contributed by atoms with Gasteiger partial charge in [-0.25, -0.2) is 0 Å². The van der Waals surface area contributed by atoms with Gasteiger partial charge in [-0.15, -0.1) is 0 Å². The van der Waals surface area contributed by atoms with E-state index in [1.165, 1.54) is 5.69 Å². The van der Waals surface area contributed by atoms with Crippen molar-refractivity contribution in [2.45, 2.75) is 38.5 Å². The summed E-state index contributed by atoms with van der Waals surface area (Å²) in [6.45, 7) is 4.66. The maximum atomic E-state index is 12.6. The third-order valence-electron chi connectivity index (χ3n) is 7.63. The lowest BCUT2D eigenvalue weighted by atomic mass is 10.0. The van der Waals surface area contributed by atoms with E-state index < -0.39 is 0 Å². The van der Waals surface area contributed by atoms with Crippen molar-refractivity contribution in [1.29, 1.82) is 0 Å². The Balaban J connectivity index is 1.05. The molecule has 41 heavy (non-hydrogen) atoms. The summed E-state index contributed by atoms with van der Waals surface area (Å²) in [4.78, 5) is 14.9. The van der Waals surface area contributed by atoms with Crippen LogP contribution in [0.5, 0.6) is 0 Å². The molecule has 10 heteroatoms. The van der Waals surface area contributed by atoms with E-state index in [2.05, 4.69) is 50.2 Å². The molecule has 5 rings (SSSR count). The smallest absolute Gasteiger partial charge is 0.235 e. The van der Waals surface area contributed by atoms with Crippen LogP contribution in [0.4, 0.5) is 28.4 Å². The zero-order valence-corrected chi connectivity index (χ0v) is 24.1. The van der Waals surface area contributed by atoms with E-state index in [0.717, 1.165) is 48.6 Å². The van der Waals surface area contributed by atoms with Crippen LogP contribution in [0.1, 0.15) is 25.3 Å². The molecule has 0 aromatic heterocycles. The number of nitrogens with one attached hydrogen (secondary N) is 3. The fourth-order valence-corrected chi connectivity index (χ4v) is 5.13. The molecule has 2 aliphatic heterocycles. The van der Waals surface area contributed by atoms with E-state index in [0.29, 0.717) is 24.0 Å². The van der Waals surface area contributed by atoms with Crippen LogP contribution < -0.4 is 20.9 Å². The van der Waals surface area contributed by atoms with Crippen molar-refractivity contribution in [2.24, 2.45) is 11.0 Å².